The molecular formula is C15H13Cl2N3. The molecule has 0 spiro atoms. The first-order valence-corrected chi connectivity index (χ1v) is 7.02. The largest absolute Gasteiger partial charge is 0.378 e. The lowest BCUT2D eigenvalue weighted by molar-refractivity contribution is 1.12. The van der Waals surface area contributed by atoms with Crippen molar-refractivity contribution >= 4 is 34.5 Å². The summed E-state index contributed by atoms with van der Waals surface area (Å²) in [6, 6.07) is 9.49. The predicted molar refractivity (Wildman–Crippen MR) is 83.7 cm³/mol. The molecule has 1 N–H and O–H groups in total. The second kappa shape index (κ2) is 5.35. The van der Waals surface area contributed by atoms with Crippen molar-refractivity contribution in [2.24, 2.45) is 0 Å². The Kier molecular flexibility index (Phi) is 3.55. The molecule has 0 bridgehead atoms. The number of nitrogens with zero attached hydrogens (tertiary/aromatic N) is 2. The Bertz CT molecular complexity index is 745. The summed E-state index contributed by atoms with van der Waals surface area (Å²) in [5.41, 5.74) is 3.72. The Morgan fingerprint density at radius 2 is 1.90 bits per heavy atom. The standard InChI is InChI=1S/C15H13Cl2N3/c1-10-9-20-7-3-6-14(15(20)19-10)18-8-11-12(16)4-2-5-13(11)17/h2-7,9,18H,8H2,1H3. The molecule has 0 fully saturated rings. The van der Waals surface area contributed by atoms with Gasteiger partial charge in [0.2, 0.25) is 0 Å². The summed E-state index contributed by atoms with van der Waals surface area (Å²) in [5, 5.41) is 4.67. The minimum absolute atomic E-state index is 0.560. The molecule has 2 heterocycles. The molecule has 2 aromatic heterocycles. The van der Waals surface area contributed by atoms with Crippen molar-refractivity contribution in [3.8, 4) is 0 Å². The van der Waals surface area contributed by atoms with Crippen molar-refractivity contribution in [1.29, 1.82) is 0 Å². The van der Waals surface area contributed by atoms with Crippen LogP contribution in [0.2, 0.25) is 10.0 Å². The van der Waals surface area contributed by atoms with Crippen molar-refractivity contribution in [2.45, 2.75) is 13.5 Å². The number of hydrogen-bond acceptors (Lipinski definition) is 2. The molecule has 0 saturated heterocycles. The van der Waals surface area contributed by atoms with Crippen molar-refractivity contribution in [2.75, 3.05) is 5.32 Å². The molecule has 1 aromatic carbocycles. The molecule has 0 radical (unpaired) electrons. The Morgan fingerprint density at radius 1 is 1.15 bits per heavy atom. The number of rotatable bonds is 3. The molecule has 5 heteroatoms. The molecule has 0 saturated carbocycles. The van der Waals surface area contributed by atoms with Crippen LogP contribution in [0.1, 0.15) is 11.3 Å². The summed E-state index contributed by atoms with van der Waals surface area (Å²) in [5.74, 6) is 0. The molecule has 3 aromatic rings. The molecule has 3 rings (SSSR count). The second-order valence-electron chi connectivity index (χ2n) is 4.59. The highest BCUT2D eigenvalue weighted by atomic mass is 35.5. The topological polar surface area (TPSA) is 29.3 Å². The lowest BCUT2D eigenvalue weighted by Gasteiger charge is -2.10. The zero-order valence-corrected chi connectivity index (χ0v) is 12.4. The van der Waals surface area contributed by atoms with Crippen LogP contribution in [-0.4, -0.2) is 9.38 Å². The van der Waals surface area contributed by atoms with Crippen LogP contribution in [0.15, 0.2) is 42.7 Å². The minimum Gasteiger partial charge on any atom is -0.378 e. The lowest BCUT2D eigenvalue weighted by Crippen LogP contribution is -2.02. The predicted octanol–water partition coefficient (Wildman–Crippen LogP) is 4.56. The summed E-state index contributed by atoms with van der Waals surface area (Å²) in [4.78, 5) is 4.50. The van der Waals surface area contributed by atoms with Crippen molar-refractivity contribution in [1.82, 2.24) is 9.38 Å². The van der Waals surface area contributed by atoms with Crippen LogP contribution in [-0.2, 0) is 6.54 Å². The number of imidazole rings is 1. The van der Waals surface area contributed by atoms with E-state index < -0.39 is 0 Å². The van der Waals surface area contributed by atoms with Crippen LogP contribution >= 0.6 is 23.2 Å². The van der Waals surface area contributed by atoms with Crippen LogP contribution in [0.3, 0.4) is 0 Å². The van der Waals surface area contributed by atoms with E-state index in [0.717, 1.165) is 22.6 Å². The average molecular weight is 306 g/mol. The quantitative estimate of drug-likeness (QED) is 0.768. The van der Waals surface area contributed by atoms with Crippen LogP contribution < -0.4 is 5.32 Å². The van der Waals surface area contributed by atoms with Gasteiger partial charge >= 0.3 is 0 Å². The first-order chi connectivity index (χ1) is 9.65. The molecule has 0 aliphatic heterocycles. The van der Waals surface area contributed by atoms with E-state index in [0.29, 0.717) is 16.6 Å². The fourth-order valence-corrected chi connectivity index (χ4v) is 2.69. The lowest BCUT2D eigenvalue weighted by atomic mass is 10.2. The highest BCUT2D eigenvalue weighted by Crippen LogP contribution is 2.26. The molecule has 0 amide bonds. The van der Waals surface area contributed by atoms with E-state index in [9.17, 15) is 0 Å². The van der Waals surface area contributed by atoms with Gasteiger partial charge in [0.05, 0.1) is 11.4 Å². The van der Waals surface area contributed by atoms with E-state index in [-0.39, 0.29) is 0 Å². The molecule has 0 atom stereocenters. The molecule has 20 heavy (non-hydrogen) atoms. The van der Waals surface area contributed by atoms with Gasteiger partial charge in [0, 0.05) is 34.5 Å². The number of aromatic nitrogens is 2. The monoisotopic (exact) mass is 305 g/mol. The minimum atomic E-state index is 0.560. The third kappa shape index (κ3) is 2.47. The van der Waals surface area contributed by atoms with E-state index >= 15 is 0 Å². The second-order valence-corrected chi connectivity index (χ2v) is 5.40. The van der Waals surface area contributed by atoms with Crippen LogP contribution in [0.4, 0.5) is 5.69 Å². The Balaban J connectivity index is 1.91. The van der Waals surface area contributed by atoms with Gasteiger partial charge in [0.1, 0.15) is 0 Å². The van der Waals surface area contributed by atoms with Gasteiger partial charge in [-0.1, -0.05) is 29.3 Å². The van der Waals surface area contributed by atoms with Gasteiger partial charge in [-0.25, -0.2) is 4.98 Å². The van der Waals surface area contributed by atoms with Crippen LogP contribution in [0.5, 0.6) is 0 Å². The van der Waals surface area contributed by atoms with Crippen molar-refractivity contribution < 1.29 is 0 Å². The Morgan fingerprint density at radius 3 is 2.65 bits per heavy atom. The average Bonchev–Trinajstić information content (AvgIpc) is 2.79. The number of anilines is 1. The van der Waals surface area contributed by atoms with Gasteiger partial charge in [0.25, 0.3) is 0 Å². The first-order valence-electron chi connectivity index (χ1n) is 6.26. The van der Waals surface area contributed by atoms with E-state index in [1.165, 1.54) is 0 Å². The highest BCUT2D eigenvalue weighted by Gasteiger charge is 2.07. The third-order valence-corrected chi connectivity index (χ3v) is 3.83. The zero-order valence-electron chi connectivity index (χ0n) is 10.9. The van der Waals surface area contributed by atoms with Gasteiger partial charge in [-0.05, 0) is 31.2 Å². The SMILES string of the molecule is Cc1cn2cccc(NCc3c(Cl)cccc3Cl)c2n1. The smallest absolute Gasteiger partial charge is 0.160 e. The number of aryl methyl sites for hydroxylation is 1. The summed E-state index contributed by atoms with van der Waals surface area (Å²) >= 11 is 12.3. The molecule has 0 aliphatic rings. The fraction of sp³-hybridized carbons (Fsp3) is 0.133. The van der Waals surface area contributed by atoms with E-state index in [1.807, 2.05) is 54.0 Å². The fourth-order valence-electron chi connectivity index (χ4n) is 2.16. The third-order valence-electron chi connectivity index (χ3n) is 3.12. The number of halogens is 2. The molecular weight excluding hydrogens is 293 g/mol. The summed E-state index contributed by atoms with van der Waals surface area (Å²) in [7, 11) is 0. The molecule has 0 unspecified atom stereocenters. The van der Waals surface area contributed by atoms with E-state index in [1.54, 1.807) is 0 Å². The Labute approximate surface area is 127 Å². The van der Waals surface area contributed by atoms with Gasteiger partial charge in [-0.3, -0.25) is 0 Å². The van der Waals surface area contributed by atoms with Crippen LogP contribution in [0.25, 0.3) is 5.65 Å². The zero-order chi connectivity index (χ0) is 14.1. The normalized spacial score (nSPS) is 10.9. The van der Waals surface area contributed by atoms with Gasteiger partial charge in [0.15, 0.2) is 5.65 Å². The molecule has 102 valence electrons. The van der Waals surface area contributed by atoms with Crippen molar-refractivity contribution in [3.63, 3.8) is 0 Å². The maximum atomic E-state index is 6.17. The first kappa shape index (κ1) is 13.3. The summed E-state index contributed by atoms with van der Waals surface area (Å²) in [6.45, 7) is 2.53. The maximum absolute atomic E-state index is 6.17. The van der Waals surface area contributed by atoms with Gasteiger partial charge < -0.3 is 9.72 Å². The van der Waals surface area contributed by atoms with Crippen molar-refractivity contribution in [3.05, 3.63) is 64.0 Å². The van der Waals surface area contributed by atoms with Gasteiger partial charge in [-0.15, -0.1) is 0 Å². The number of fused-ring (bicyclic) bond motifs is 1. The van der Waals surface area contributed by atoms with Gasteiger partial charge in [-0.2, -0.15) is 0 Å². The number of nitrogens with one attached hydrogen (secondary N) is 1. The number of pyridine rings is 1. The van der Waals surface area contributed by atoms with E-state index in [2.05, 4.69) is 10.3 Å². The number of hydrogen-bond donors (Lipinski definition) is 1. The highest BCUT2D eigenvalue weighted by molar-refractivity contribution is 6.36. The Hall–Kier alpha value is -1.71. The molecule has 0 aliphatic carbocycles. The molecule has 3 nitrogen and oxygen atoms in total. The number of benzene rings is 1. The summed E-state index contributed by atoms with van der Waals surface area (Å²) < 4.78 is 1.99. The maximum Gasteiger partial charge on any atom is 0.160 e. The van der Waals surface area contributed by atoms with E-state index in [4.69, 9.17) is 23.2 Å². The van der Waals surface area contributed by atoms with Crippen LogP contribution in [0, 0.1) is 6.92 Å². The summed E-state index contributed by atoms with van der Waals surface area (Å²) in [6.07, 6.45) is 3.96.